The average Bonchev–Trinajstić information content (AvgIpc) is 3.32. The maximum absolute atomic E-state index is 12.4. The molecule has 1 saturated carbocycles. The average molecular weight is 318 g/mol. The molecular formula is C18H26N2O3. The Morgan fingerprint density at radius 3 is 2.74 bits per heavy atom. The summed E-state index contributed by atoms with van der Waals surface area (Å²) in [6, 6.07) is 10.2. The second-order valence-corrected chi connectivity index (χ2v) is 6.60. The molecule has 0 spiro atoms. The van der Waals surface area contributed by atoms with E-state index in [1.165, 1.54) is 0 Å². The standard InChI is InChI=1S/C18H26N2O3/c21-11-10-19-9-8-16(12-19)13-20(17-6-7-17)18(22)23-14-15-4-2-1-3-5-15/h1-5,16-17,21H,6-14H2/t16-/m0/s1. The van der Waals surface area contributed by atoms with E-state index in [1.807, 2.05) is 35.2 Å². The molecule has 5 heteroatoms. The van der Waals surface area contributed by atoms with Gasteiger partial charge in [0.2, 0.25) is 0 Å². The molecule has 126 valence electrons. The highest BCUT2D eigenvalue weighted by molar-refractivity contribution is 5.68. The highest BCUT2D eigenvalue weighted by atomic mass is 16.6. The van der Waals surface area contributed by atoms with Gasteiger partial charge >= 0.3 is 6.09 Å². The van der Waals surface area contributed by atoms with Gasteiger partial charge in [0, 0.05) is 25.7 Å². The van der Waals surface area contributed by atoms with Crippen LogP contribution in [0.3, 0.4) is 0 Å². The predicted octanol–water partition coefficient (Wildman–Crippen LogP) is 2.10. The van der Waals surface area contributed by atoms with Gasteiger partial charge in [-0.25, -0.2) is 4.79 Å². The van der Waals surface area contributed by atoms with E-state index in [2.05, 4.69) is 4.90 Å². The lowest BCUT2D eigenvalue weighted by Crippen LogP contribution is -2.38. The van der Waals surface area contributed by atoms with Gasteiger partial charge in [-0.2, -0.15) is 0 Å². The first-order chi connectivity index (χ1) is 11.3. The molecule has 1 saturated heterocycles. The molecule has 2 aliphatic rings. The van der Waals surface area contributed by atoms with Crippen molar-refractivity contribution in [3.8, 4) is 0 Å². The van der Waals surface area contributed by atoms with Crippen LogP contribution in [0.5, 0.6) is 0 Å². The van der Waals surface area contributed by atoms with Crippen LogP contribution in [-0.4, -0.2) is 59.8 Å². The van der Waals surface area contributed by atoms with Crippen LogP contribution < -0.4 is 0 Å². The molecule has 5 nitrogen and oxygen atoms in total. The topological polar surface area (TPSA) is 53.0 Å². The van der Waals surface area contributed by atoms with Crippen molar-refractivity contribution in [2.75, 3.05) is 32.8 Å². The number of ether oxygens (including phenoxy) is 1. The number of rotatable bonds is 7. The number of hydrogen-bond acceptors (Lipinski definition) is 4. The summed E-state index contributed by atoms with van der Waals surface area (Å²) in [6.45, 7) is 4.04. The number of benzene rings is 1. The van der Waals surface area contributed by atoms with Gasteiger partial charge in [0.15, 0.2) is 0 Å². The van der Waals surface area contributed by atoms with E-state index in [0.29, 0.717) is 18.6 Å². The quantitative estimate of drug-likeness (QED) is 0.836. The number of hydrogen-bond donors (Lipinski definition) is 1. The normalized spacial score (nSPS) is 21.3. The van der Waals surface area contributed by atoms with Gasteiger partial charge in [-0.1, -0.05) is 30.3 Å². The summed E-state index contributed by atoms with van der Waals surface area (Å²) in [6.07, 6.45) is 3.09. The number of β-amino-alcohol motifs (C(OH)–C–C–N with tert-alkyl or cyclic N) is 1. The Balaban J connectivity index is 1.49. The van der Waals surface area contributed by atoms with Crippen LogP contribution in [0.1, 0.15) is 24.8 Å². The number of aliphatic hydroxyl groups excluding tert-OH is 1. The lowest BCUT2D eigenvalue weighted by molar-refractivity contribution is 0.0874. The zero-order chi connectivity index (χ0) is 16.1. The predicted molar refractivity (Wildman–Crippen MR) is 88.0 cm³/mol. The van der Waals surface area contributed by atoms with E-state index < -0.39 is 0 Å². The summed E-state index contributed by atoms with van der Waals surface area (Å²) in [4.78, 5) is 16.6. The first kappa shape index (κ1) is 16.3. The summed E-state index contributed by atoms with van der Waals surface area (Å²) in [7, 11) is 0. The molecule has 1 heterocycles. The van der Waals surface area contributed by atoms with Crippen molar-refractivity contribution in [3.63, 3.8) is 0 Å². The first-order valence-electron chi connectivity index (χ1n) is 8.57. The number of carbonyl (C=O) groups excluding carboxylic acids is 1. The molecule has 0 radical (unpaired) electrons. The van der Waals surface area contributed by atoms with Crippen molar-refractivity contribution in [3.05, 3.63) is 35.9 Å². The summed E-state index contributed by atoms with van der Waals surface area (Å²) >= 11 is 0. The molecule has 0 unspecified atom stereocenters. The van der Waals surface area contributed by atoms with Crippen LogP contribution in [0.4, 0.5) is 4.79 Å². The Bertz CT molecular complexity index is 504. The third-order valence-corrected chi connectivity index (χ3v) is 4.67. The number of likely N-dealkylation sites (tertiary alicyclic amines) is 1. The Labute approximate surface area is 137 Å². The fourth-order valence-electron chi connectivity index (χ4n) is 3.25. The summed E-state index contributed by atoms with van der Waals surface area (Å²) in [5.41, 5.74) is 1.02. The van der Waals surface area contributed by atoms with Crippen molar-refractivity contribution >= 4 is 6.09 Å². The van der Waals surface area contributed by atoms with Crippen molar-refractivity contribution < 1.29 is 14.6 Å². The molecule has 2 fully saturated rings. The summed E-state index contributed by atoms with van der Waals surface area (Å²) < 4.78 is 5.51. The van der Waals surface area contributed by atoms with E-state index >= 15 is 0 Å². The molecular weight excluding hydrogens is 292 g/mol. The molecule has 1 aliphatic heterocycles. The summed E-state index contributed by atoms with van der Waals surface area (Å²) in [5.74, 6) is 0.492. The Morgan fingerprint density at radius 2 is 2.04 bits per heavy atom. The largest absolute Gasteiger partial charge is 0.445 e. The van der Waals surface area contributed by atoms with E-state index in [1.54, 1.807) is 0 Å². The van der Waals surface area contributed by atoms with Gasteiger partial charge < -0.3 is 19.6 Å². The van der Waals surface area contributed by atoms with E-state index in [-0.39, 0.29) is 12.7 Å². The van der Waals surface area contributed by atoms with Crippen LogP contribution in [0.2, 0.25) is 0 Å². The van der Waals surface area contributed by atoms with Crippen molar-refractivity contribution in [1.29, 1.82) is 0 Å². The van der Waals surface area contributed by atoms with Gasteiger partial charge in [-0.15, -0.1) is 0 Å². The summed E-state index contributed by atoms with van der Waals surface area (Å²) in [5, 5.41) is 9.03. The first-order valence-corrected chi connectivity index (χ1v) is 8.57. The highest BCUT2D eigenvalue weighted by Gasteiger charge is 2.36. The van der Waals surface area contributed by atoms with E-state index in [9.17, 15) is 4.79 Å². The molecule has 0 aromatic heterocycles. The third-order valence-electron chi connectivity index (χ3n) is 4.67. The molecule has 23 heavy (non-hydrogen) atoms. The molecule has 1 N–H and O–H groups in total. The van der Waals surface area contributed by atoms with E-state index in [0.717, 1.165) is 51.0 Å². The smallest absolute Gasteiger partial charge is 0.410 e. The minimum atomic E-state index is -0.183. The number of aliphatic hydroxyl groups is 1. The van der Waals surface area contributed by atoms with Gasteiger partial charge in [0.1, 0.15) is 6.61 Å². The van der Waals surface area contributed by atoms with Crippen molar-refractivity contribution in [2.45, 2.75) is 31.9 Å². The van der Waals surface area contributed by atoms with Crippen LogP contribution in [0.25, 0.3) is 0 Å². The Kier molecular flexibility index (Phi) is 5.51. The second kappa shape index (κ2) is 7.79. The minimum Gasteiger partial charge on any atom is -0.445 e. The number of carbonyl (C=O) groups is 1. The fraction of sp³-hybridized carbons (Fsp3) is 0.611. The Morgan fingerprint density at radius 1 is 1.26 bits per heavy atom. The van der Waals surface area contributed by atoms with Crippen LogP contribution in [0, 0.1) is 5.92 Å². The molecule has 3 rings (SSSR count). The zero-order valence-corrected chi connectivity index (χ0v) is 13.6. The highest BCUT2D eigenvalue weighted by Crippen LogP contribution is 2.30. The SMILES string of the molecule is O=C(OCc1ccccc1)N(C[C@H]1CCN(CCO)C1)C1CC1. The molecule has 1 aromatic carbocycles. The van der Waals surface area contributed by atoms with Crippen molar-refractivity contribution in [1.82, 2.24) is 9.80 Å². The van der Waals surface area contributed by atoms with Crippen LogP contribution >= 0.6 is 0 Å². The van der Waals surface area contributed by atoms with Gasteiger partial charge in [0.25, 0.3) is 0 Å². The second-order valence-electron chi connectivity index (χ2n) is 6.60. The maximum Gasteiger partial charge on any atom is 0.410 e. The van der Waals surface area contributed by atoms with Gasteiger partial charge in [-0.05, 0) is 37.3 Å². The molecule has 1 amide bonds. The van der Waals surface area contributed by atoms with E-state index in [4.69, 9.17) is 9.84 Å². The molecule has 1 aliphatic carbocycles. The zero-order valence-electron chi connectivity index (χ0n) is 13.6. The Hall–Kier alpha value is -1.59. The van der Waals surface area contributed by atoms with Gasteiger partial charge in [-0.3, -0.25) is 0 Å². The lowest BCUT2D eigenvalue weighted by Gasteiger charge is -2.25. The molecule has 0 bridgehead atoms. The number of amides is 1. The molecule has 1 aromatic rings. The fourth-order valence-corrected chi connectivity index (χ4v) is 3.25. The van der Waals surface area contributed by atoms with Crippen LogP contribution in [-0.2, 0) is 11.3 Å². The molecule has 1 atom stereocenters. The van der Waals surface area contributed by atoms with Crippen LogP contribution in [0.15, 0.2) is 30.3 Å². The lowest BCUT2D eigenvalue weighted by atomic mass is 10.1. The maximum atomic E-state index is 12.4. The minimum absolute atomic E-state index is 0.183. The third kappa shape index (κ3) is 4.69. The number of nitrogens with zero attached hydrogens (tertiary/aromatic N) is 2. The van der Waals surface area contributed by atoms with Gasteiger partial charge in [0.05, 0.1) is 6.61 Å². The van der Waals surface area contributed by atoms with Crippen molar-refractivity contribution in [2.24, 2.45) is 5.92 Å². The monoisotopic (exact) mass is 318 g/mol.